The maximum absolute atomic E-state index is 12.8. The molecular formula is C25H25ClN4O3S. The Balaban J connectivity index is 1.51. The van der Waals surface area contributed by atoms with Crippen molar-refractivity contribution in [2.75, 3.05) is 13.1 Å². The van der Waals surface area contributed by atoms with Gasteiger partial charge in [-0.25, -0.2) is 13.4 Å². The molecule has 7 nitrogen and oxygen atoms in total. The van der Waals surface area contributed by atoms with Crippen LogP contribution in [0.1, 0.15) is 30.8 Å². The molecule has 0 spiro atoms. The molecule has 176 valence electrons. The first-order valence-electron chi connectivity index (χ1n) is 10.9. The molecule has 2 heterocycles. The van der Waals surface area contributed by atoms with Gasteiger partial charge in [-0.05, 0) is 59.7 Å². The van der Waals surface area contributed by atoms with E-state index >= 15 is 0 Å². The van der Waals surface area contributed by atoms with Crippen LogP contribution in [0, 0.1) is 0 Å². The van der Waals surface area contributed by atoms with E-state index in [1.807, 2.05) is 50.2 Å². The summed E-state index contributed by atoms with van der Waals surface area (Å²) in [5.41, 5.74) is 3.17. The first kappa shape index (κ1) is 23.9. The van der Waals surface area contributed by atoms with E-state index < -0.39 is 10.0 Å². The van der Waals surface area contributed by atoms with Gasteiger partial charge in [0, 0.05) is 25.5 Å². The van der Waals surface area contributed by atoms with Crippen molar-refractivity contribution < 1.29 is 13.2 Å². The van der Waals surface area contributed by atoms with Crippen LogP contribution in [0.3, 0.4) is 0 Å². The number of pyridine rings is 1. The average molecular weight is 497 g/mol. The molecule has 0 atom stereocenters. The molecule has 0 saturated heterocycles. The van der Waals surface area contributed by atoms with Gasteiger partial charge in [0.1, 0.15) is 18.2 Å². The molecule has 0 aliphatic carbocycles. The predicted molar refractivity (Wildman–Crippen MR) is 135 cm³/mol. The van der Waals surface area contributed by atoms with Crippen molar-refractivity contribution in [1.82, 2.24) is 19.3 Å². The van der Waals surface area contributed by atoms with E-state index in [0.717, 1.165) is 16.9 Å². The van der Waals surface area contributed by atoms with Crippen molar-refractivity contribution in [2.45, 2.75) is 25.3 Å². The van der Waals surface area contributed by atoms with Crippen molar-refractivity contribution in [3.05, 3.63) is 83.9 Å². The average Bonchev–Trinajstić information content (AvgIpc) is 3.29. The third kappa shape index (κ3) is 5.30. The number of rotatable bonds is 9. The molecule has 4 rings (SSSR count). The molecule has 0 aliphatic heterocycles. The van der Waals surface area contributed by atoms with Crippen LogP contribution in [0.5, 0.6) is 5.75 Å². The fourth-order valence-corrected chi connectivity index (χ4v) is 5.20. The second-order valence-electron chi connectivity index (χ2n) is 7.56. The Kier molecular flexibility index (Phi) is 7.31. The smallest absolute Gasteiger partial charge is 0.243 e. The first-order chi connectivity index (χ1) is 16.4. The molecular weight excluding hydrogens is 472 g/mol. The quantitative estimate of drug-likeness (QED) is 0.339. The topological polar surface area (TPSA) is 88.2 Å². The zero-order valence-electron chi connectivity index (χ0n) is 18.9. The van der Waals surface area contributed by atoms with Crippen LogP contribution in [0.15, 0.2) is 71.9 Å². The molecule has 4 aromatic rings. The third-order valence-corrected chi connectivity index (χ3v) is 7.69. The number of imidazole rings is 1. The van der Waals surface area contributed by atoms with E-state index in [1.54, 1.807) is 36.7 Å². The summed E-state index contributed by atoms with van der Waals surface area (Å²) in [7, 11) is -3.56. The van der Waals surface area contributed by atoms with Gasteiger partial charge in [0.2, 0.25) is 10.0 Å². The SMILES string of the molecule is CCN(CC)S(=O)(=O)c1ccc2nc(/C(Cl)=C/c3ccc(OCc4ccncc4)cc3)[nH]c2c1. The number of nitrogens with zero attached hydrogens (tertiary/aromatic N) is 3. The summed E-state index contributed by atoms with van der Waals surface area (Å²) < 4.78 is 32.8. The Labute approximate surface area is 204 Å². The highest BCUT2D eigenvalue weighted by Crippen LogP contribution is 2.26. The van der Waals surface area contributed by atoms with Crippen molar-refractivity contribution in [1.29, 1.82) is 0 Å². The number of H-pyrrole nitrogens is 1. The number of benzene rings is 2. The second-order valence-corrected chi connectivity index (χ2v) is 9.90. The number of sulfonamides is 1. The lowest BCUT2D eigenvalue weighted by Gasteiger charge is -2.18. The summed E-state index contributed by atoms with van der Waals surface area (Å²) in [4.78, 5) is 11.9. The van der Waals surface area contributed by atoms with Crippen LogP contribution in [0.4, 0.5) is 0 Å². The zero-order valence-corrected chi connectivity index (χ0v) is 20.5. The Bertz CT molecular complexity index is 1400. The number of aromatic nitrogens is 3. The van der Waals surface area contributed by atoms with E-state index in [4.69, 9.17) is 16.3 Å². The molecule has 1 N–H and O–H groups in total. The number of fused-ring (bicyclic) bond motifs is 1. The molecule has 0 saturated carbocycles. The number of nitrogens with one attached hydrogen (secondary N) is 1. The van der Waals surface area contributed by atoms with Gasteiger partial charge in [-0.1, -0.05) is 37.6 Å². The zero-order chi connectivity index (χ0) is 24.1. The van der Waals surface area contributed by atoms with E-state index in [2.05, 4.69) is 15.0 Å². The van der Waals surface area contributed by atoms with Crippen molar-refractivity contribution in [3.63, 3.8) is 0 Å². The van der Waals surface area contributed by atoms with Crippen molar-refractivity contribution >= 4 is 43.8 Å². The number of halogens is 1. The molecule has 2 aromatic heterocycles. The largest absolute Gasteiger partial charge is 0.489 e. The monoisotopic (exact) mass is 496 g/mol. The lowest BCUT2D eigenvalue weighted by Crippen LogP contribution is -2.30. The van der Waals surface area contributed by atoms with Gasteiger partial charge in [0.15, 0.2) is 0 Å². The summed E-state index contributed by atoms with van der Waals surface area (Å²) in [6.45, 7) is 4.92. The van der Waals surface area contributed by atoms with Gasteiger partial charge in [-0.2, -0.15) is 4.31 Å². The molecule has 34 heavy (non-hydrogen) atoms. The number of hydrogen-bond acceptors (Lipinski definition) is 5. The molecule has 0 fully saturated rings. The van der Waals surface area contributed by atoms with Gasteiger partial charge >= 0.3 is 0 Å². The fraction of sp³-hybridized carbons (Fsp3) is 0.200. The lowest BCUT2D eigenvalue weighted by molar-refractivity contribution is 0.306. The second kappa shape index (κ2) is 10.4. The molecule has 9 heteroatoms. The summed E-state index contributed by atoms with van der Waals surface area (Å²) >= 11 is 6.52. The van der Waals surface area contributed by atoms with E-state index in [-0.39, 0.29) is 4.90 Å². The van der Waals surface area contributed by atoms with Crippen molar-refractivity contribution in [2.24, 2.45) is 0 Å². The van der Waals surface area contributed by atoms with Crippen LogP contribution < -0.4 is 4.74 Å². The summed E-state index contributed by atoms with van der Waals surface area (Å²) in [6, 6.07) is 16.2. The predicted octanol–water partition coefficient (Wildman–Crippen LogP) is 5.30. The van der Waals surface area contributed by atoms with Gasteiger partial charge in [-0.15, -0.1) is 0 Å². The Morgan fingerprint density at radius 1 is 1.06 bits per heavy atom. The minimum Gasteiger partial charge on any atom is -0.489 e. The Morgan fingerprint density at radius 2 is 1.76 bits per heavy atom. The van der Waals surface area contributed by atoms with Gasteiger partial charge in [0.05, 0.1) is 21.0 Å². The number of aromatic amines is 1. The highest BCUT2D eigenvalue weighted by molar-refractivity contribution is 7.89. The van der Waals surface area contributed by atoms with Crippen LogP contribution >= 0.6 is 11.6 Å². The Hall–Kier alpha value is -3.20. The van der Waals surface area contributed by atoms with E-state index in [0.29, 0.717) is 41.6 Å². The van der Waals surface area contributed by atoms with Crippen LogP contribution in [-0.2, 0) is 16.6 Å². The lowest BCUT2D eigenvalue weighted by atomic mass is 10.2. The summed E-state index contributed by atoms with van der Waals surface area (Å²) in [5, 5.41) is 0.412. The molecule has 0 amide bonds. The van der Waals surface area contributed by atoms with Gasteiger partial charge in [0.25, 0.3) is 0 Å². The van der Waals surface area contributed by atoms with Crippen LogP contribution in [-0.4, -0.2) is 40.8 Å². The maximum atomic E-state index is 12.8. The molecule has 0 bridgehead atoms. The highest BCUT2D eigenvalue weighted by Gasteiger charge is 2.22. The summed E-state index contributed by atoms with van der Waals surface area (Å²) in [6.07, 6.45) is 5.26. The highest BCUT2D eigenvalue weighted by atomic mass is 35.5. The van der Waals surface area contributed by atoms with E-state index in [1.165, 1.54) is 4.31 Å². The summed E-state index contributed by atoms with van der Waals surface area (Å²) in [5.74, 6) is 1.21. The minimum atomic E-state index is -3.56. The minimum absolute atomic E-state index is 0.223. The maximum Gasteiger partial charge on any atom is 0.243 e. The van der Waals surface area contributed by atoms with Crippen molar-refractivity contribution in [3.8, 4) is 5.75 Å². The standard InChI is InChI=1S/C25H25ClN4O3S/c1-3-30(4-2)34(31,32)21-9-10-23-24(16-21)29-25(28-23)22(26)15-18-5-7-20(8-6-18)33-17-19-11-13-27-14-12-19/h5-16H,3-4,17H2,1-2H3,(H,28,29)/b22-15-. The fourth-order valence-electron chi connectivity index (χ4n) is 3.50. The van der Waals surface area contributed by atoms with Gasteiger partial charge in [-0.3, -0.25) is 4.98 Å². The third-order valence-electron chi connectivity index (χ3n) is 5.35. The molecule has 0 aliphatic rings. The van der Waals surface area contributed by atoms with E-state index in [9.17, 15) is 8.42 Å². The van der Waals surface area contributed by atoms with Gasteiger partial charge < -0.3 is 9.72 Å². The molecule has 0 radical (unpaired) electrons. The molecule has 2 aromatic carbocycles. The van der Waals surface area contributed by atoms with Crippen LogP contribution in [0.2, 0.25) is 0 Å². The number of ether oxygens (including phenoxy) is 1. The molecule has 0 unspecified atom stereocenters. The van der Waals surface area contributed by atoms with Crippen LogP contribution in [0.25, 0.3) is 22.1 Å². The first-order valence-corrected chi connectivity index (χ1v) is 12.7. The Morgan fingerprint density at radius 3 is 2.44 bits per heavy atom. The normalized spacial score (nSPS) is 12.4. The number of hydrogen-bond donors (Lipinski definition) is 1.